The molecule has 2 atom stereocenters. The van der Waals surface area contributed by atoms with Gasteiger partial charge in [0.05, 0.1) is 0 Å². The molecular formula is C27H43N3O4. The summed E-state index contributed by atoms with van der Waals surface area (Å²) in [6, 6.07) is 6.28. The van der Waals surface area contributed by atoms with Crippen LogP contribution in [0.1, 0.15) is 85.4 Å². The first-order valence-electron chi connectivity index (χ1n) is 12.1. The monoisotopic (exact) mass is 473 g/mol. The van der Waals surface area contributed by atoms with Gasteiger partial charge in [-0.2, -0.15) is 0 Å². The number of carbonyl (C=O) groups is 3. The zero-order chi connectivity index (χ0) is 26.1. The van der Waals surface area contributed by atoms with Gasteiger partial charge in [-0.15, -0.1) is 0 Å². The van der Waals surface area contributed by atoms with Crippen LogP contribution >= 0.6 is 0 Å². The summed E-state index contributed by atoms with van der Waals surface area (Å²) in [7, 11) is 0. The first kappa shape index (κ1) is 29.2. The van der Waals surface area contributed by atoms with E-state index in [-0.39, 0.29) is 30.4 Å². The maximum atomic E-state index is 13.5. The molecule has 0 saturated heterocycles. The Labute approximate surface area is 205 Å². The van der Waals surface area contributed by atoms with Crippen molar-refractivity contribution < 1.29 is 19.1 Å². The second kappa shape index (κ2) is 13.2. The molecular weight excluding hydrogens is 430 g/mol. The van der Waals surface area contributed by atoms with E-state index in [1.165, 1.54) is 0 Å². The highest BCUT2D eigenvalue weighted by atomic mass is 16.6. The third kappa shape index (κ3) is 9.98. The quantitative estimate of drug-likeness (QED) is 0.469. The Hall–Kier alpha value is -2.83. The predicted octanol–water partition coefficient (Wildman–Crippen LogP) is 5.07. The number of ether oxygens (including phenoxy) is 1. The molecule has 1 rings (SSSR count). The molecule has 0 fully saturated rings. The van der Waals surface area contributed by atoms with Crippen LogP contribution in [0.15, 0.2) is 30.8 Å². The van der Waals surface area contributed by atoms with Crippen molar-refractivity contribution in [2.75, 3.05) is 6.54 Å². The number of nitrogens with zero attached hydrogens (tertiary/aromatic N) is 1. The van der Waals surface area contributed by atoms with E-state index in [2.05, 4.69) is 31.1 Å². The molecule has 1 aromatic carbocycles. The standard InChI is InChI=1S/C27H43N3O4/c1-10-21-12-11-13-22(16-21)24(25(32)29-19(4)5)30(20(6)15-14-18(2)3)23(31)17-28-26(33)34-27(7,8)9/h10-13,16,18-20,24H,1,14-15,17H2,2-9H3,(H,28,33)(H,29,32). The van der Waals surface area contributed by atoms with Crippen molar-refractivity contribution in [3.63, 3.8) is 0 Å². The van der Waals surface area contributed by atoms with Gasteiger partial charge in [0.15, 0.2) is 0 Å². The van der Waals surface area contributed by atoms with Crippen molar-refractivity contribution >= 4 is 24.0 Å². The van der Waals surface area contributed by atoms with Crippen molar-refractivity contribution in [1.29, 1.82) is 0 Å². The number of nitrogens with one attached hydrogen (secondary N) is 2. The van der Waals surface area contributed by atoms with Crippen LogP contribution in [0.5, 0.6) is 0 Å². The molecule has 0 aliphatic rings. The molecule has 2 N–H and O–H groups in total. The Morgan fingerprint density at radius 3 is 2.26 bits per heavy atom. The average Bonchev–Trinajstić information content (AvgIpc) is 2.72. The molecule has 1 aromatic rings. The third-order valence-electron chi connectivity index (χ3n) is 5.13. The summed E-state index contributed by atoms with van der Waals surface area (Å²) in [4.78, 5) is 40.7. The zero-order valence-corrected chi connectivity index (χ0v) is 22.1. The summed E-state index contributed by atoms with van der Waals surface area (Å²) >= 11 is 0. The number of alkyl carbamates (subject to hydrolysis) is 1. The van der Waals surface area contributed by atoms with Crippen molar-refractivity contribution in [2.45, 2.75) is 92.0 Å². The molecule has 0 aliphatic carbocycles. The fraction of sp³-hybridized carbons (Fsp3) is 0.593. The van der Waals surface area contributed by atoms with Crippen LogP contribution in [-0.4, -0.2) is 47.0 Å². The normalized spacial score (nSPS) is 13.2. The van der Waals surface area contributed by atoms with Gasteiger partial charge in [0.1, 0.15) is 18.2 Å². The number of benzene rings is 1. The first-order valence-corrected chi connectivity index (χ1v) is 12.1. The maximum Gasteiger partial charge on any atom is 0.408 e. The Balaban J connectivity index is 3.37. The minimum absolute atomic E-state index is 0.0969. The molecule has 7 heteroatoms. The number of amides is 3. The summed E-state index contributed by atoms with van der Waals surface area (Å²) in [5, 5.41) is 5.51. The van der Waals surface area contributed by atoms with Crippen LogP contribution in [0.25, 0.3) is 6.08 Å². The smallest absolute Gasteiger partial charge is 0.408 e. The lowest BCUT2D eigenvalue weighted by Gasteiger charge is -2.37. The Kier molecular flexibility index (Phi) is 11.3. The van der Waals surface area contributed by atoms with Crippen molar-refractivity contribution in [2.24, 2.45) is 5.92 Å². The molecule has 190 valence electrons. The third-order valence-corrected chi connectivity index (χ3v) is 5.13. The topological polar surface area (TPSA) is 87.7 Å². The van der Waals surface area contributed by atoms with Crippen molar-refractivity contribution in [3.05, 3.63) is 42.0 Å². The van der Waals surface area contributed by atoms with E-state index in [0.29, 0.717) is 11.5 Å². The summed E-state index contributed by atoms with van der Waals surface area (Å²) in [6.45, 7) is 18.8. The second-order valence-corrected chi connectivity index (χ2v) is 10.4. The van der Waals surface area contributed by atoms with Gasteiger partial charge >= 0.3 is 6.09 Å². The number of rotatable bonds is 11. The van der Waals surface area contributed by atoms with E-state index >= 15 is 0 Å². The van der Waals surface area contributed by atoms with Crippen LogP contribution in [0.2, 0.25) is 0 Å². The van der Waals surface area contributed by atoms with Gasteiger partial charge in [0.25, 0.3) is 0 Å². The predicted molar refractivity (Wildman–Crippen MR) is 137 cm³/mol. The summed E-state index contributed by atoms with van der Waals surface area (Å²) in [5.74, 6) is -0.167. The Morgan fingerprint density at radius 1 is 1.09 bits per heavy atom. The average molecular weight is 474 g/mol. The fourth-order valence-corrected chi connectivity index (χ4v) is 3.57. The van der Waals surface area contributed by atoms with Gasteiger partial charge in [0, 0.05) is 12.1 Å². The van der Waals surface area contributed by atoms with Crippen molar-refractivity contribution in [3.8, 4) is 0 Å². The molecule has 7 nitrogen and oxygen atoms in total. The summed E-state index contributed by atoms with van der Waals surface area (Å²) < 4.78 is 5.27. The van der Waals surface area contributed by atoms with Crippen LogP contribution in [-0.2, 0) is 14.3 Å². The second-order valence-electron chi connectivity index (χ2n) is 10.4. The lowest BCUT2D eigenvalue weighted by Crippen LogP contribution is -2.52. The van der Waals surface area contributed by atoms with Crippen molar-refractivity contribution in [1.82, 2.24) is 15.5 Å². The molecule has 0 aliphatic heterocycles. The van der Waals surface area contributed by atoms with E-state index in [1.54, 1.807) is 31.7 Å². The van der Waals surface area contributed by atoms with E-state index in [4.69, 9.17) is 4.74 Å². The Bertz CT molecular complexity index is 843. The first-order chi connectivity index (χ1) is 15.7. The van der Waals surface area contributed by atoms with E-state index in [0.717, 1.165) is 18.4 Å². The fourth-order valence-electron chi connectivity index (χ4n) is 3.57. The van der Waals surface area contributed by atoms with E-state index < -0.39 is 17.7 Å². The van der Waals surface area contributed by atoms with Gasteiger partial charge in [-0.25, -0.2) is 4.79 Å². The molecule has 0 spiro atoms. The SMILES string of the molecule is C=Cc1cccc(C(C(=O)NC(C)C)N(C(=O)CNC(=O)OC(C)(C)C)C(C)CCC(C)C)c1. The minimum Gasteiger partial charge on any atom is -0.444 e. The molecule has 0 bridgehead atoms. The maximum absolute atomic E-state index is 13.5. The highest BCUT2D eigenvalue weighted by Gasteiger charge is 2.35. The van der Waals surface area contributed by atoms with Gasteiger partial charge in [-0.3, -0.25) is 9.59 Å². The molecule has 0 radical (unpaired) electrons. The summed E-state index contributed by atoms with van der Waals surface area (Å²) in [6.07, 6.45) is 2.66. The number of carbonyl (C=O) groups excluding carboxylic acids is 3. The Morgan fingerprint density at radius 2 is 1.74 bits per heavy atom. The summed E-state index contributed by atoms with van der Waals surface area (Å²) in [5.41, 5.74) is 0.869. The van der Waals surface area contributed by atoms with Gasteiger partial charge in [-0.05, 0) is 77.5 Å². The van der Waals surface area contributed by atoms with Gasteiger partial charge in [0.2, 0.25) is 11.8 Å². The van der Waals surface area contributed by atoms with Crippen LogP contribution in [0.3, 0.4) is 0 Å². The number of hydrogen-bond acceptors (Lipinski definition) is 4. The molecule has 3 amide bonds. The molecule has 0 saturated carbocycles. The number of hydrogen-bond donors (Lipinski definition) is 2. The lowest BCUT2D eigenvalue weighted by atomic mass is 9.97. The van der Waals surface area contributed by atoms with Crippen LogP contribution < -0.4 is 10.6 Å². The van der Waals surface area contributed by atoms with Crippen LogP contribution in [0, 0.1) is 5.92 Å². The molecule has 34 heavy (non-hydrogen) atoms. The van der Waals surface area contributed by atoms with E-state index in [1.807, 2.05) is 45.0 Å². The highest BCUT2D eigenvalue weighted by Crippen LogP contribution is 2.27. The largest absolute Gasteiger partial charge is 0.444 e. The lowest BCUT2D eigenvalue weighted by molar-refractivity contribution is -0.143. The van der Waals surface area contributed by atoms with Gasteiger partial charge in [-0.1, -0.05) is 44.7 Å². The molecule has 0 aromatic heterocycles. The molecule has 0 heterocycles. The minimum atomic E-state index is -0.850. The van der Waals surface area contributed by atoms with E-state index in [9.17, 15) is 14.4 Å². The highest BCUT2D eigenvalue weighted by molar-refractivity contribution is 5.90. The zero-order valence-electron chi connectivity index (χ0n) is 22.1. The molecule has 2 unspecified atom stereocenters. The van der Waals surface area contributed by atoms with Gasteiger partial charge < -0.3 is 20.3 Å². The van der Waals surface area contributed by atoms with Crippen LogP contribution in [0.4, 0.5) is 4.79 Å².